The fourth-order valence-electron chi connectivity index (χ4n) is 1.94. The highest BCUT2D eigenvalue weighted by Crippen LogP contribution is 2.28. The Morgan fingerprint density at radius 1 is 1.38 bits per heavy atom. The fourth-order valence-corrected chi connectivity index (χ4v) is 1.94. The fraction of sp³-hybridized carbons (Fsp3) is 0.500. The lowest BCUT2D eigenvalue weighted by Gasteiger charge is -2.24. The second kappa shape index (κ2) is 7.11. The van der Waals surface area contributed by atoms with Crippen molar-refractivity contribution in [2.75, 3.05) is 7.11 Å². The molecule has 0 radical (unpaired) electrons. The van der Waals surface area contributed by atoms with E-state index in [0.717, 1.165) is 17.4 Å². The van der Waals surface area contributed by atoms with Crippen molar-refractivity contribution in [2.24, 2.45) is 0 Å². The highest BCUT2D eigenvalue weighted by molar-refractivity contribution is 5.69. The van der Waals surface area contributed by atoms with E-state index in [4.69, 9.17) is 9.47 Å². The van der Waals surface area contributed by atoms with Crippen LogP contribution in [0.4, 0.5) is 4.79 Å². The minimum Gasteiger partial charge on any atom is -0.496 e. The molecular formula is C16H23NO4. The zero-order valence-corrected chi connectivity index (χ0v) is 13.2. The van der Waals surface area contributed by atoms with E-state index in [2.05, 4.69) is 5.32 Å². The standard InChI is InChI=1S/C16H23NO4/c1-11-6-7-14(20-5)12(10-11)13(8-9-18)17-15(19)21-16(2,3)4/h6-7,9-10,13H,8H2,1-5H3,(H,17,19)/t13-/m1/s1. The Labute approximate surface area is 125 Å². The highest BCUT2D eigenvalue weighted by atomic mass is 16.6. The molecule has 1 N–H and O–H groups in total. The van der Waals surface area contributed by atoms with E-state index >= 15 is 0 Å². The van der Waals surface area contributed by atoms with Gasteiger partial charge in [0.05, 0.1) is 13.2 Å². The summed E-state index contributed by atoms with van der Waals surface area (Å²) in [4.78, 5) is 22.8. The summed E-state index contributed by atoms with van der Waals surface area (Å²) in [5, 5.41) is 2.72. The van der Waals surface area contributed by atoms with E-state index in [1.54, 1.807) is 27.9 Å². The van der Waals surface area contributed by atoms with Gasteiger partial charge in [0.1, 0.15) is 17.6 Å². The summed E-state index contributed by atoms with van der Waals surface area (Å²) in [6.45, 7) is 7.30. The monoisotopic (exact) mass is 293 g/mol. The molecule has 0 fully saturated rings. The Bertz CT molecular complexity index is 505. The van der Waals surface area contributed by atoms with Crippen molar-refractivity contribution >= 4 is 12.4 Å². The Balaban J connectivity index is 2.99. The molecule has 0 unspecified atom stereocenters. The summed E-state index contributed by atoms with van der Waals surface area (Å²) < 4.78 is 10.5. The molecule has 0 bridgehead atoms. The first-order valence-electron chi connectivity index (χ1n) is 6.84. The molecule has 1 aromatic rings. The first kappa shape index (κ1) is 17.0. The van der Waals surface area contributed by atoms with Crippen molar-refractivity contribution < 1.29 is 19.1 Å². The maximum atomic E-state index is 11.9. The molecule has 0 aromatic heterocycles. The number of ether oxygens (including phenoxy) is 2. The number of alkyl carbamates (subject to hydrolysis) is 1. The van der Waals surface area contributed by atoms with Gasteiger partial charge in [-0.3, -0.25) is 0 Å². The highest BCUT2D eigenvalue weighted by Gasteiger charge is 2.22. The average molecular weight is 293 g/mol. The first-order chi connectivity index (χ1) is 9.76. The quantitative estimate of drug-likeness (QED) is 0.847. The maximum absolute atomic E-state index is 11.9. The van der Waals surface area contributed by atoms with E-state index in [1.807, 2.05) is 25.1 Å². The van der Waals surface area contributed by atoms with Gasteiger partial charge in [-0.2, -0.15) is 0 Å². The van der Waals surface area contributed by atoms with Crippen LogP contribution < -0.4 is 10.1 Å². The molecule has 0 aliphatic heterocycles. The number of rotatable bonds is 5. The van der Waals surface area contributed by atoms with Crippen LogP contribution in [0.1, 0.15) is 44.4 Å². The molecule has 0 saturated heterocycles. The van der Waals surface area contributed by atoms with Crippen LogP contribution in [0.15, 0.2) is 18.2 Å². The topological polar surface area (TPSA) is 64.6 Å². The smallest absolute Gasteiger partial charge is 0.408 e. The van der Waals surface area contributed by atoms with Crippen LogP contribution in [0.25, 0.3) is 0 Å². The lowest BCUT2D eigenvalue weighted by molar-refractivity contribution is -0.108. The van der Waals surface area contributed by atoms with Gasteiger partial charge < -0.3 is 19.6 Å². The number of carbonyl (C=O) groups is 2. The minimum atomic E-state index is -0.591. The van der Waals surface area contributed by atoms with Gasteiger partial charge in [0.15, 0.2) is 0 Å². The zero-order chi connectivity index (χ0) is 16.0. The molecule has 1 aromatic carbocycles. The van der Waals surface area contributed by atoms with Gasteiger partial charge in [0.25, 0.3) is 0 Å². The molecule has 0 aliphatic rings. The van der Waals surface area contributed by atoms with Gasteiger partial charge in [-0.15, -0.1) is 0 Å². The van der Waals surface area contributed by atoms with Crippen LogP contribution in [0.2, 0.25) is 0 Å². The van der Waals surface area contributed by atoms with Crippen LogP contribution in [-0.4, -0.2) is 25.1 Å². The molecule has 5 heteroatoms. The van der Waals surface area contributed by atoms with Gasteiger partial charge >= 0.3 is 6.09 Å². The molecule has 0 saturated carbocycles. The molecular weight excluding hydrogens is 270 g/mol. The molecule has 0 aliphatic carbocycles. The van der Waals surface area contributed by atoms with Crippen LogP contribution in [-0.2, 0) is 9.53 Å². The van der Waals surface area contributed by atoms with E-state index in [1.165, 1.54) is 0 Å². The third kappa shape index (κ3) is 5.45. The first-order valence-corrected chi connectivity index (χ1v) is 6.84. The lowest BCUT2D eigenvalue weighted by atomic mass is 10.0. The van der Waals surface area contributed by atoms with Gasteiger partial charge in [0.2, 0.25) is 0 Å². The molecule has 1 rings (SSSR count). The Morgan fingerprint density at radius 2 is 2.05 bits per heavy atom. The van der Waals surface area contributed by atoms with Gasteiger partial charge in [0, 0.05) is 12.0 Å². The van der Waals surface area contributed by atoms with Crippen LogP contribution in [0.3, 0.4) is 0 Å². The Kier molecular flexibility index (Phi) is 5.76. The number of hydrogen-bond donors (Lipinski definition) is 1. The van der Waals surface area contributed by atoms with Crippen molar-refractivity contribution in [3.05, 3.63) is 29.3 Å². The summed E-state index contributed by atoms with van der Waals surface area (Å²) in [7, 11) is 1.56. The zero-order valence-electron chi connectivity index (χ0n) is 13.2. The van der Waals surface area contributed by atoms with Crippen LogP contribution in [0, 0.1) is 6.92 Å². The average Bonchev–Trinajstić information content (AvgIpc) is 2.36. The van der Waals surface area contributed by atoms with Gasteiger partial charge in [-0.25, -0.2) is 4.79 Å². The molecule has 5 nitrogen and oxygen atoms in total. The van der Waals surface area contributed by atoms with Crippen molar-refractivity contribution in [3.8, 4) is 5.75 Å². The third-order valence-electron chi connectivity index (χ3n) is 2.78. The molecule has 116 valence electrons. The predicted molar refractivity (Wildman–Crippen MR) is 80.5 cm³/mol. The largest absolute Gasteiger partial charge is 0.496 e. The summed E-state index contributed by atoms with van der Waals surface area (Å²) >= 11 is 0. The number of nitrogens with one attached hydrogen (secondary N) is 1. The number of benzene rings is 1. The van der Waals surface area contributed by atoms with E-state index in [9.17, 15) is 9.59 Å². The number of hydrogen-bond acceptors (Lipinski definition) is 4. The summed E-state index contributed by atoms with van der Waals surface area (Å²) in [5.74, 6) is 0.628. The molecule has 1 atom stereocenters. The number of aldehydes is 1. The van der Waals surface area contributed by atoms with Crippen molar-refractivity contribution in [3.63, 3.8) is 0 Å². The number of amides is 1. The van der Waals surface area contributed by atoms with Gasteiger partial charge in [-0.1, -0.05) is 17.7 Å². The number of aryl methyl sites for hydroxylation is 1. The summed E-state index contributed by atoms with van der Waals surface area (Å²) in [6.07, 6.45) is 0.362. The maximum Gasteiger partial charge on any atom is 0.408 e. The molecule has 1 amide bonds. The van der Waals surface area contributed by atoms with Crippen molar-refractivity contribution in [1.82, 2.24) is 5.32 Å². The SMILES string of the molecule is COc1ccc(C)cc1[C@@H](CC=O)NC(=O)OC(C)(C)C. The normalized spacial score (nSPS) is 12.4. The molecule has 21 heavy (non-hydrogen) atoms. The summed E-state index contributed by atoms with van der Waals surface area (Å²) in [6, 6.07) is 5.14. The minimum absolute atomic E-state index is 0.152. The van der Waals surface area contributed by atoms with E-state index in [-0.39, 0.29) is 6.42 Å². The van der Waals surface area contributed by atoms with Crippen LogP contribution in [0.5, 0.6) is 5.75 Å². The van der Waals surface area contributed by atoms with Gasteiger partial charge in [-0.05, 0) is 33.8 Å². The van der Waals surface area contributed by atoms with E-state index in [0.29, 0.717) is 5.75 Å². The lowest BCUT2D eigenvalue weighted by Crippen LogP contribution is -2.35. The second-order valence-corrected chi connectivity index (χ2v) is 5.85. The number of carbonyl (C=O) groups excluding carboxylic acids is 2. The van der Waals surface area contributed by atoms with Crippen molar-refractivity contribution in [1.29, 1.82) is 0 Å². The third-order valence-corrected chi connectivity index (χ3v) is 2.78. The second-order valence-electron chi connectivity index (χ2n) is 5.85. The molecule has 0 spiro atoms. The van der Waals surface area contributed by atoms with Crippen molar-refractivity contribution in [2.45, 2.75) is 45.8 Å². The Morgan fingerprint density at radius 3 is 2.57 bits per heavy atom. The molecule has 0 heterocycles. The summed E-state index contributed by atoms with van der Waals surface area (Å²) in [5.41, 5.74) is 1.19. The van der Waals surface area contributed by atoms with E-state index < -0.39 is 17.7 Å². The van der Waals surface area contributed by atoms with Crippen LogP contribution >= 0.6 is 0 Å². The predicted octanol–water partition coefficient (Wildman–Crippen LogP) is 3.16. The Hall–Kier alpha value is -2.04. The number of methoxy groups -OCH3 is 1.